The van der Waals surface area contributed by atoms with Gasteiger partial charge in [0, 0.05) is 28.7 Å². The number of amides is 1. The fourth-order valence-corrected chi connectivity index (χ4v) is 3.54. The zero-order valence-electron chi connectivity index (χ0n) is 16.7. The summed E-state index contributed by atoms with van der Waals surface area (Å²) in [6.07, 6.45) is 7.04. The van der Waals surface area contributed by atoms with E-state index in [1.165, 1.54) is 6.20 Å². The third-order valence-electron chi connectivity index (χ3n) is 5.16. The van der Waals surface area contributed by atoms with E-state index in [9.17, 15) is 13.4 Å². The number of ether oxygens (including phenoxy) is 1. The van der Waals surface area contributed by atoms with Crippen LogP contribution in [0.1, 0.15) is 48.0 Å². The predicted octanol–water partition coefficient (Wildman–Crippen LogP) is 4.09. The Morgan fingerprint density at radius 2 is 1.93 bits per heavy atom. The maximum Gasteiger partial charge on any atom is 0.258 e. The Balaban J connectivity index is 1.59. The molecule has 0 spiro atoms. The van der Waals surface area contributed by atoms with Crippen molar-refractivity contribution < 1.29 is 18.1 Å². The van der Waals surface area contributed by atoms with Crippen molar-refractivity contribution in [2.75, 3.05) is 6.26 Å². The highest BCUT2D eigenvalue weighted by Gasteiger charge is 2.36. The Hall–Kier alpha value is -2.61. The molecule has 158 valence electrons. The van der Waals surface area contributed by atoms with Gasteiger partial charge in [0.25, 0.3) is 5.91 Å². The summed E-state index contributed by atoms with van der Waals surface area (Å²) in [5.74, 6) is 0.423. The van der Waals surface area contributed by atoms with E-state index in [1.54, 1.807) is 42.0 Å². The minimum absolute atomic E-state index is 0.0320. The quantitative estimate of drug-likeness (QED) is 0.649. The van der Waals surface area contributed by atoms with Crippen molar-refractivity contribution in [3.8, 4) is 11.6 Å². The fraction of sp³-hybridized carbons (Fsp3) is 0.409. The summed E-state index contributed by atoms with van der Waals surface area (Å²) in [5, 5.41) is 4.52. The number of alkyl halides is 1. The molecule has 0 radical (unpaired) electrons. The van der Waals surface area contributed by atoms with Crippen molar-refractivity contribution in [3.05, 3.63) is 59.4 Å². The second kappa shape index (κ2) is 9.04. The number of nitrogens with zero attached hydrogens (tertiary/aromatic N) is 2. The molecule has 1 heterocycles. The summed E-state index contributed by atoms with van der Waals surface area (Å²) in [7, 11) is -1.10. The molecule has 6 nitrogen and oxygen atoms in total. The van der Waals surface area contributed by atoms with Gasteiger partial charge in [0.15, 0.2) is 12.0 Å². The molecule has 2 aliphatic rings. The fourth-order valence-electron chi connectivity index (χ4n) is 3.15. The van der Waals surface area contributed by atoms with E-state index in [2.05, 4.69) is 15.3 Å². The summed E-state index contributed by atoms with van der Waals surface area (Å²) in [4.78, 5) is 21.4. The molecule has 1 N–H and O–H groups in total. The minimum Gasteiger partial charge on any atom is -0.438 e. The second-order valence-corrected chi connectivity index (χ2v) is 9.03. The molecule has 1 amide bonds. The van der Waals surface area contributed by atoms with E-state index in [-0.39, 0.29) is 29.2 Å². The molecule has 2 aromatic rings. The lowest BCUT2D eigenvalue weighted by atomic mass is 10.1. The molecule has 0 aliphatic heterocycles. The van der Waals surface area contributed by atoms with E-state index < -0.39 is 22.9 Å². The molecule has 1 aromatic heterocycles. The van der Waals surface area contributed by atoms with Crippen molar-refractivity contribution in [2.45, 2.75) is 37.9 Å². The Kier molecular flexibility index (Phi) is 6.22. The Morgan fingerprint density at radius 1 is 1.23 bits per heavy atom. The highest BCUT2D eigenvalue weighted by atomic mass is 32.2. The van der Waals surface area contributed by atoms with Crippen LogP contribution in [0, 0.1) is 11.8 Å². The Bertz CT molecular complexity index is 961. The minimum atomic E-state index is -1.26. The van der Waals surface area contributed by atoms with Gasteiger partial charge in [-0.2, -0.15) is 4.98 Å². The van der Waals surface area contributed by atoms with Gasteiger partial charge in [-0.1, -0.05) is 24.3 Å². The molecular weight excluding hydrogens is 405 g/mol. The topological polar surface area (TPSA) is 81.2 Å². The first-order valence-electron chi connectivity index (χ1n) is 10.1. The zero-order chi connectivity index (χ0) is 21.1. The number of carbonyl (C=O) groups is 1. The van der Waals surface area contributed by atoms with E-state index in [0.717, 1.165) is 25.7 Å². The summed E-state index contributed by atoms with van der Waals surface area (Å²) >= 11 is 0. The number of benzene rings is 1. The van der Waals surface area contributed by atoms with Crippen LogP contribution >= 0.6 is 0 Å². The number of halogens is 1. The van der Waals surface area contributed by atoms with Crippen molar-refractivity contribution in [3.63, 3.8) is 0 Å². The third-order valence-corrected chi connectivity index (χ3v) is 5.70. The lowest BCUT2D eigenvalue weighted by Gasteiger charge is -2.16. The molecule has 1 aromatic carbocycles. The maximum absolute atomic E-state index is 14.6. The Morgan fingerprint density at radius 3 is 2.57 bits per heavy atom. The first kappa shape index (κ1) is 20.7. The molecule has 2 fully saturated rings. The van der Waals surface area contributed by atoms with Gasteiger partial charge in [-0.15, -0.1) is 0 Å². The number of carbonyl (C=O) groups excluding carboxylic acids is 1. The van der Waals surface area contributed by atoms with Gasteiger partial charge in [-0.3, -0.25) is 9.00 Å². The molecule has 3 unspecified atom stereocenters. The first-order chi connectivity index (χ1) is 14.5. The molecular formula is C22H24FN3O3S. The number of para-hydroxylation sites is 1. The number of hydrogen-bond acceptors (Lipinski definition) is 5. The van der Waals surface area contributed by atoms with Crippen LogP contribution in [0.4, 0.5) is 4.39 Å². The van der Waals surface area contributed by atoms with Crippen LogP contribution in [0.5, 0.6) is 11.6 Å². The van der Waals surface area contributed by atoms with Gasteiger partial charge in [0.2, 0.25) is 5.88 Å². The van der Waals surface area contributed by atoms with Gasteiger partial charge >= 0.3 is 0 Å². The molecule has 8 heteroatoms. The van der Waals surface area contributed by atoms with Gasteiger partial charge in [0.1, 0.15) is 11.3 Å². The van der Waals surface area contributed by atoms with Gasteiger partial charge < -0.3 is 10.1 Å². The predicted molar refractivity (Wildman–Crippen MR) is 112 cm³/mol. The zero-order valence-corrected chi connectivity index (χ0v) is 17.5. The van der Waals surface area contributed by atoms with Crippen molar-refractivity contribution in [1.82, 2.24) is 15.3 Å². The number of nitrogens with one attached hydrogen (secondary N) is 1. The summed E-state index contributed by atoms with van der Waals surface area (Å²) in [6.45, 7) is 0. The summed E-state index contributed by atoms with van der Waals surface area (Å²) in [5.41, 5.74) is 0.141. The average molecular weight is 430 g/mol. The molecule has 3 atom stereocenters. The molecule has 4 rings (SSSR count). The normalized spacial score (nSPS) is 19.3. The van der Waals surface area contributed by atoms with Gasteiger partial charge in [-0.05, 0) is 49.7 Å². The SMILES string of the molecule is CS(=O)/C=C/C(NC(=O)c1cnc(C(F)C2CC2)nc1Oc1ccccc1)C1CC1. The van der Waals surface area contributed by atoms with Crippen LogP contribution in [0.3, 0.4) is 0 Å². The molecule has 0 saturated heterocycles. The van der Waals surface area contributed by atoms with Crippen molar-refractivity contribution in [2.24, 2.45) is 11.8 Å². The van der Waals surface area contributed by atoms with Gasteiger partial charge in [-0.25, -0.2) is 9.37 Å². The second-order valence-electron chi connectivity index (χ2n) is 7.77. The van der Waals surface area contributed by atoms with E-state index in [1.807, 2.05) is 6.07 Å². The number of aromatic nitrogens is 2. The van der Waals surface area contributed by atoms with Crippen LogP contribution < -0.4 is 10.1 Å². The average Bonchev–Trinajstić information content (AvgIpc) is 3.64. The van der Waals surface area contributed by atoms with Crippen LogP contribution in [-0.2, 0) is 10.8 Å². The molecule has 30 heavy (non-hydrogen) atoms. The molecule has 2 aliphatic carbocycles. The first-order valence-corrected chi connectivity index (χ1v) is 11.7. The standard InChI is InChI=1S/C22H24FN3O3S/c1-30(28)12-11-18(14-7-8-14)25-21(27)17-13-24-20(19(23)15-9-10-15)26-22(17)29-16-5-3-2-4-6-16/h2-6,11-15,18-19H,7-10H2,1H3,(H,25,27)/b12-11+. The monoisotopic (exact) mass is 429 g/mol. The van der Waals surface area contributed by atoms with E-state index in [0.29, 0.717) is 11.7 Å². The lowest BCUT2D eigenvalue weighted by molar-refractivity contribution is 0.0937. The maximum atomic E-state index is 14.6. The lowest BCUT2D eigenvalue weighted by Crippen LogP contribution is -2.35. The van der Waals surface area contributed by atoms with Crippen LogP contribution in [0.15, 0.2) is 48.0 Å². The summed E-state index contributed by atoms with van der Waals surface area (Å²) in [6, 6.07) is 8.70. The number of hydrogen-bond donors (Lipinski definition) is 1. The van der Waals surface area contributed by atoms with Crippen molar-refractivity contribution in [1.29, 1.82) is 0 Å². The molecule has 2 saturated carbocycles. The smallest absolute Gasteiger partial charge is 0.258 e. The molecule has 0 bridgehead atoms. The largest absolute Gasteiger partial charge is 0.438 e. The number of rotatable bonds is 9. The van der Waals surface area contributed by atoms with Crippen LogP contribution in [0.2, 0.25) is 0 Å². The van der Waals surface area contributed by atoms with E-state index in [4.69, 9.17) is 4.74 Å². The highest BCUT2D eigenvalue weighted by Crippen LogP contribution is 2.43. The van der Waals surface area contributed by atoms with Gasteiger partial charge in [0.05, 0.1) is 6.04 Å². The third kappa shape index (κ3) is 5.30. The Labute approximate surface area is 177 Å². The summed E-state index contributed by atoms with van der Waals surface area (Å²) < 4.78 is 31.8. The highest BCUT2D eigenvalue weighted by molar-refractivity contribution is 7.87. The van der Waals surface area contributed by atoms with Crippen LogP contribution in [0.25, 0.3) is 0 Å². The van der Waals surface area contributed by atoms with Crippen LogP contribution in [-0.4, -0.2) is 32.4 Å². The van der Waals surface area contributed by atoms with Crippen molar-refractivity contribution >= 4 is 16.7 Å². The van der Waals surface area contributed by atoms with E-state index >= 15 is 0 Å².